The van der Waals surface area contributed by atoms with Gasteiger partial charge in [0.1, 0.15) is 0 Å². The summed E-state index contributed by atoms with van der Waals surface area (Å²) >= 11 is 0. The van der Waals surface area contributed by atoms with Crippen molar-refractivity contribution in [2.24, 2.45) is 5.92 Å². The highest BCUT2D eigenvalue weighted by Gasteiger charge is 2.37. The highest BCUT2D eigenvalue weighted by molar-refractivity contribution is 5.54. The van der Waals surface area contributed by atoms with Crippen LogP contribution in [-0.4, -0.2) is 12.6 Å². The minimum absolute atomic E-state index is 0.809. The van der Waals surface area contributed by atoms with Crippen LogP contribution in [0.25, 0.3) is 0 Å². The molecule has 3 rings (SSSR count). The number of hydrogen-bond acceptors (Lipinski definition) is 2. The van der Waals surface area contributed by atoms with Crippen molar-refractivity contribution in [2.75, 3.05) is 17.2 Å². The monoisotopic (exact) mass is 188 g/mol. The van der Waals surface area contributed by atoms with Crippen LogP contribution >= 0.6 is 0 Å². The van der Waals surface area contributed by atoms with E-state index in [1.165, 1.54) is 31.5 Å². The summed E-state index contributed by atoms with van der Waals surface area (Å²) < 4.78 is 0. The Balaban J connectivity index is 1.86. The van der Waals surface area contributed by atoms with Gasteiger partial charge in [-0.05, 0) is 49.4 Å². The summed E-state index contributed by atoms with van der Waals surface area (Å²) in [7, 11) is 0. The third-order valence-corrected chi connectivity index (χ3v) is 3.63. The quantitative estimate of drug-likeness (QED) is 0.685. The third-order valence-electron chi connectivity index (χ3n) is 3.63. The molecule has 0 amide bonds. The molecule has 1 aromatic rings. The van der Waals surface area contributed by atoms with E-state index in [0.29, 0.717) is 0 Å². The van der Waals surface area contributed by atoms with Gasteiger partial charge in [-0.15, -0.1) is 0 Å². The lowest BCUT2D eigenvalue weighted by Gasteiger charge is -2.29. The Bertz CT molecular complexity index is 331. The van der Waals surface area contributed by atoms with E-state index in [-0.39, 0.29) is 0 Å². The van der Waals surface area contributed by atoms with Crippen molar-refractivity contribution in [1.82, 2.24) is 0 Å². The maximum atomic E-state index is 5.68. The second kappa shape index (κ2) is 2.91. The molecule has 1 saturated heterocycles. The van der Waals surface area contributed by atoms with E-state index in [0.717, 1.165) is 17.6 Å². The number of nitrogens with two attached hydrogens (primary N) is 1. The smallest absolute Gasteiger partial charge is 0.0370 e. The van der Waals surface area contributed by atoms with E-state index in [1.807, 2.05) is 12.1 Å². The number of nitrogen functional groups attached to an aromatic ring is 1. The molecule has 1 aromatic carbocycles. The molecule has 2 nitrogen and oxygen atoms in total. The van der Waals surface area contributed by atoms with Crippen LogP contribution in [0.15, 0.2) is 24.3 Å². The summed E-state index contributed by atoms with van der Waals surface area (Å²) in [5, 5.41) is 0. The lowest BCUT2D eigenvalue weighted by molar-refractivity contribution is 0.553. The molecule has 1 aliphatic carbocycles. The highest BCUT2D eigenvalue weighted by atomic mass is 15.2. The molecular formula is C12H16N2. The minimum atomic E-state index is 0.809. The molecule has 2 atom stereocenters. The van der Waals surface area contributed by atoms with Gasteiger partial charge in [0.15, 0.2) is 0 Å². The zero-order valence-corrected chi connectivity index (χ0v) is 8.32. The second-order valence-electron chi connectivity index (χ2n) is 4.58. The summed E-state index contributed by atoms with van der Waals surface area (Å²) in [4.78, 5) is 2.55. The van der Waals surface area contributed by atoms with Gasteiger partial charge in [0.2, 0.25) is 0 Å². The lowest BCUT2D eigenvalue weighted by atomic mass is 10.1. The number of benzene rings is 1. The Morgan fingerprint density at radius 1 is 1.14 bits per heavy atom. The molecule has 2 N–H and O–H groups in total. The number of anilines is 2. The van der Waals surface area contributed by atoms with Crippen molar-refractivity contribution in [1.29, 1.82) is 0 Å². The number of fused-ring (bicyclic) bond motifs is 2. The first kappa shape index (κ1) is 8.16. The van der Waals surface area contributed by atoms with Crippen LogP contribution in [0.4, 0.5) is 11.4 Å². The van der Waals surface area contributed by atoms with Crippen LogP contribution in [0.1, 0.15) is 19.3 Å². The molecule has 14 heavy (non-hydrogen) atoms. The summed E-state index contributed by atoms with van der Waals surface area (Å²) in [6, 6.07) is 9.11. The molecular weight excluding hydrogens is 172 g/mol. The van der Waals surface area contributed by atoms with Crippen LogP contribution in [0.5, 0.6) is 0 Å². The third kappa shape index (κ3) is 1.17. The zero-order valence-electron chi connectivity index (χ0n) is 8.32. The fraction of sp³-hybridized carbons (Fsp3) is 0.500. The van der Waals surface area contributed by atoms with E-state index in [9.17, 15) is 0 Å². The molecule has 2 aliphatic rings. The van der Waals surface area contributed by atoms with Crippen LogP contribution in [-0.2, 0) is 0 Å². The van der Waals surface area contributed by atoms with Crippen LogP contribution in [0.3, 0.4) is 0 Å². The molecule has 2 fully saturated rings. The van der Waals surface area contributed by atoms with Crippen LogP contribution in [0, 0.1) is 5.92 Å². The Labute approximate surface area is 84.7 Å². The first-order valence-corrected chi connectivity index (χ1v) is 5.45. The fourth-order valence-corrected chi connectivity index (χ4v) is 2.91. The Hall–Kier alpha value is -1.18. The molecule has 0 aromatic heterocycles. The van der Waals surface area contributed by atoms with Gasteiger partial charge in [-0.25, -0.2) is 0 Å². The Kier molecular flexibility index (Phi) is 1.69. The van der Waals surface area contributed by atoms with Crippen molar-refractivity contribution in [3.63, 3.8) is 0 Å². The lowest BCUT2D eigenvalue weighted by Crippen LogP contribution is -2.31. The number of hydrogen-bond donors (Lipinski definition) is 1. The summed E-state index contributed by atoms with van der Waals surface area (Å²) in [6.07, 6.45) is 4.23. The topological polar surface area (TPSA) is 29.3 Å². The van der Waals surface area contributed by atoms with Gasteiger partial charge in [0.05, 0.1) is 0 Å². The number of nitrogens with zero attached hydrogens (tertiary/aromatic N) is 1. The van der Waals surface area contributed by atoms with Gasteiger partial charge < -0.3 is 10.6 Å². The predicted octanol–water partition coefficient (Wildman–Crippen LogP) is 2.26. The Morgan fingerprint density at radius 3 is 2.50 bits per heavy atom. The van der Waals surface area contributed by atoms with E-state index >= 15 is 0 Å². The Morgan fingerprint density at radius 2 is 1.93 bits per heavy atom. The van der Waals surface area contributed by atoms with Crippen molar-refractivity contribution in [3.8, 4) is 0 Å². The van der Waals surface area contributed by atoms with Gasteiger partial charge in [-0.1, -0.05) is 0 Å². The van der Waals surface area contributed by atoms with Crippen molar-refractivity contribution >= 4 is 11.4 Å². The summed E-state index contributed by atoms with van der Waals surface area (Å²) in [6.45, 7) is 1.26. The molecule has 0 spiro atoms. The van der Waals surface area contributed by atoms with E-state index < -0.39 is 0 Å². The predicted molar refractivity (Wildman–Crippen MR) is 59.3 cm³/mol. The van der Waals surface area contributed by atoms with Gasteiger partial charge in [0.25, 0.3) is 0 Å². The van der Waals surface area contributed by atoms with Crippen LogP contribution < -0.4 is 10.6 Å². The van der Waals surface area contributed by atoms with Gasteiger partial charge in [-0.3, -0.25) is 0 Å². The van der Waals surface area contributed by atoms with E-state index in [1.54, 1.807) is 0 Å². The van der Waals surface area contributed by atoms with Crippen molar-refractivity contribution in [3.05, 3.63) is 24.3 Å². The SMILES string of the molecule is Nc1ccc(N2C[C@H]3CC[C@@H]2C3)cc1. The van der Waals surface area contributed by atoms with Crippen molar-refractivity contribution < 1.29 is 0 Å². The van der Waals surface area contributed by atoms with Crippen LogP contribution in [0.2, 0.25) is 0 Å². The highest BCUT2D eigenvalue weighted by Crippen LogP contribution is 2.40. The fourth-order valence-electron chi connectivity index (χ4n) is 2.91. The minimum Gasteiger partial charge on any atom is -0.399 e. The average molecular weight is 188 g/mol. The molecule has 2 bridgehead atoms. The largest absolute Gasteiger partial charge is 0.399 e. The van der Waals surface area contributed by atoms with E-state index in [4.69, 9.17) is 5.73 Å². The van der Waals surface area contributed by atoms with Crippen molar-refractivity contribution in [2.45, 2.75) is 25.3 Å². The number of rotatable bonds is 1. The summed E-state index contributed by atoms with van der Waals surface area (Å²) in [5.74, 6) is 0.956. The maximum Gasteiger partial charge on any atom is 0.0370 e. The standard InChI is InChI=1S/C12H16N2/c13-10-2-5-11(6-3-10)14-8-9-1-4-12(14)7-9/h2-3,5-6,9,12H,1,4,7-8,13H2/t9-,12+/m0/s1. The van der Waals surface area contributed by atoms with Gasteiger partial charge in [0, 0.05) is 24.0 Å². The van der Waals surface area contributed by atoms with E-state index in [2.05, 4.69) is 17.0 Å². The number of piperidine rings is 1. The second-order valence-corrected chi connectivity index (χ2v) is 4.58. The first-order chi connectivity index (χ1) is 6.83. The molecule has 1 saturated carbocycles. The normalized spacial score (nSPS) is 29.9. The zero-order chi connectivity index (χ0) is 9.54. The molecule has 2 heteroatoms. The van der Waals surface area contributed by atoms with Gasteiger partial charge >= 0.3 is 0 Å². The molecule has 74 valence electrons. The first-order valence-electron chi connectivity index (χ1n) is 5.45. The average Bonchev–Trinajstić information content (AvgIpc) is 2.80. The molecule has 1 heterocycles. The van der Waals surface area contributed by atoms with Gasteiger partial charge in [-0.2, -0.15) is 0 Å². The molecule has 0 radical (unpaired) electrons. The summed E-state index contributed by atoms with van der Waals surface area (Å²) in [5.41, 5.74) is 7.90. The molecule has 1 aliphatic heterocycles. The molecule has 0 unspecified atom stereocenters. The maximum absolute atomic E-state index is 5.68.